The van der Waals surface area contributed by atoms with E-state index in [1.807, 2.05) is 0 Å². The standard InChI is InChI=1S/C11H21F3N2O/c1-8-2-4-9(5-3-8)10(16-15)6-17-7-11(12,13)14/h8-10,16H,2-7,15H2,1H3. The molecule has 3 nitrogen and oxygen atoms in total. The van der Waals surface area contributed by atoms with Crippen LogP contribution in [0.3, 0.4) is 0 Å². The molecular formula is C11H21F3N2O. The van der Waals surface area contributed by atoms with Crippen molar-refractivity contribution >= 4 is 0 Å². The minimum atomic E-state index is -4.26. The summed E-state index contributed by atoms with van der Waals surface area (Å²) in [4.78, 5) is 0. The van der Waals surface area contributed by atoms with Crippen LogP contribution in [0.15, 0.2) is 0 Å². The van der Waals surface area contributed by atoms with Gasteiger partial charge in [0, 0.05) is 6.04 Å². The summed E-state index contributed by atoms with van der Waals surface area (Å²) in [6.07, 6.45) is -0.0265. The number of hydrogen-bond donors (Lipinski definition) is 2. The van der Waals surface area contributed by atoms with Crippen LogP contribution in [-0.2, 0) is 4.74 Å². The van der Waals surface area contributed by atoms with Gasteiger partial charge in [0.05, 0.1) is 6.61 Å². The van der Waals surface area contributed by atoms with E-state index in [0.29, 0.717) is 11.8 Å². The van der Waals surface area contributed by atoms with Crippen LogP contribution in [0.2, 0.25) is 0 Å². The fourth-order valence-electron chi connectivity index (χ4n) is 2.31. The van der Waals surface area contributed by atoms with Crippen molar-refractivity contribution in [2.24, 2.45) is 17.7 Å². The molecular weight excluding hydrogens is 233 g/mol. The van der Waals surface area contributed by atoms with Crippen LogP contribution in [0.4, 0.5) is 13.2 Å². The quantitative estimate of drug-likeness (QED) is 0.584. The van der Waals surface area contributed by atoms with Gasteiger partial charge in [0.15, 0.2) is 0 Å². The molecule has 0 spiro atoms. The highest BCUT2D eigenvalue weighted by atomic mass is 19.4. The summed E-state index contributed by atoms with van der Waals surface area (Å²) >= 11 is 0. The van der Waals surface area contributed by atoms with Crippen LogP contribution < -0.4 is 11.3 Å². The van der Waals surface area contributed by atoms with E-state index in [1.54, 1.807) is 0 Å². The highest BCUT2D eigenvalue weighted by Crippen LogP contribution is 2.30. The number of halogens is 3. The first kappa shape index (κ1) is 14.7. The Morgan fingerprint density at radius 3 is 2.35 bits per heavy atom. The summed E-state index contributed by atoms with van der Waals surface area (Å²) in [7, 11) is 0. The minimum absolute atomic E-state index is 0.0229. The van der Waals surface area contributed by atoms with Crippen LogP contribution in [-0.4, -0.2) is 25.4 Å². The third-order valence-electron chi connectivity index (χ3n) is 3.41. The summed E-state index contributed by atoms with van der Waals surface area (Å²) in [6.45, 7) is 1.02. The molecule has 3 N–H and O–H groups in total. The first-order valence-corrected chi connectivity index (χ1v) is 6.03. The van der Waals surface area contributed by atoms with Crippen molar-refractivity contribution < 1.29 is 17.9 Å². The van der Waals surface area contributed by atoms with E-state index >= 15 is 0 Å². The molecule has 1 fully saturated rings. The van der Waals surface area contributed by atoms with Crippen molar-refractivity contribution in [2.45, 2.75) is 44.8 Å². The smallest absolute Gasteiger partial charge is 0.370 e. The molecule has 0 aliphatic heterocycles. The van der Waals surface area contributed by atoms with E-state index in [9.17, 15) is 13.2 Å². The molecule has 102 valence electrons. The van der Waals surface area contributed by atoms with E-state index in [2.05, 4.69) is 17.1 Å². The lowest BCUT2D eigenvalue weighted by Gasteiger charge is -2.32. The second-order valence-corrected chi connectivity index (χ2v) is 4.92. The van der Waals surface area contributed by atoms with Gasteiger partial charge in [-0.3, -0.25) is 11.3 Å². The molecule has 0 aromatic carbocycles. The van der Waals surface area contributed by atoms with Gasteiger partial charge in [0.2, 0.25) is 0 Å². The lowest BCUT2D eigenvalue weighted by atomic mass is 9.79. The molecule has 0 aromatic heterocycles. The molecule has 1 aliphatic carbocycles. The summed E-state index contributed by atoms with van der Waals surface area (Å²) in [6, 6.07) is -0.176. The van der Waals surface area contributed by atoms with Crippen molar-refractivity contribution in [3.63, 3.8) is 0 Å². The molecule has 0 heterocycles. The predicted octanol–water partition coefficient (Wildman–Crippen LogP) is 2.22. The molecule has 0 radical (unpaired) electrons. The average Bonchev–Trinajstić information content (AvgIpc) is 2.24. The molecule has 17 heavy (non-hydrogen) atoms. The SMILES string of the molecule is CC1CCC(C(COCC(F)(F)F)NN)CC1. The van der Waals surface area contributed by atoms with Gasteiger partial charge in [-0.1, -0.05) is 19.8 Å². The Kier molecular flexibility index (Phi) is 5.69. The zero-order valence-corrected chi connectivity index (χ0v) is 10.1. The van der Waals surface area contributed by atoms with Crippen molar-refractivity contribution in [3.8, 4) is 0 Å². The van der Waals surface area contributed by atoms with Crippen LogP contribution in [0.25, 0.3) is 0 Å². The minimum Gasteiger partial charge on any atom is -0.370 e. The van der Waals surface area contributed by atoms with Gasteiger partial charge < -0.3 is 4.74 Å². The molecule has 0 aromatic rings. The second-order valence-electron chi connectivity index (χ2n) is 4.92. The summed E-state index contributed by atoms with van der Waals surface area (Å²) in [5.41, 5.74) is 2.58. The van der Waals surface area contributed by atoms with E-state index in [4.69, 9.17) is 5.84 Å². The average molecular weight is 254 g/mol. The third kappa shape index (κ3) is 5.70. The van der Waals surface area contributed by atoms with Crippen LogP contribution >= 0.6 is 0 Å². The highest BCUT2D eigenvalue weighted by molar-refractivity contribution is 4.79. The van der Waals surface area contributed by atoms with Gasteiger partial charge in [-0.05, 0) is 24.7 Å². The predicted molar refractivity (Wildman–Crippen MR) is 59.1 cm³/mol. The molecule has 0 saturated heterocycles. The number of rotatable bonds is 5. The number of hydrogen-bond acceptors (Lipinski definition) is 3. The third-order valence-corrected chi connectivity index (χ3v) is 3.41. The van der Waals surface area contributed by atoms with Gasteiger partial charge in [0.25, 0.3) is 0 Å². The Labute approximate surface area is 99.9 Å². The number of nitrogens with one attached hydrogen (secondary N) is 1. The normalized spacial score (nSPS) is 28.1. The van der Waals surface area contributed by atoms with E-state index in [1.165, 1.54) is 0 Å². The first-order chi connectivity index (χ1) is 7.92. The Morgan fingerprint density at radius 1 is 1.29 bits per heavy atom. The Morgan fingerprint density at radius 2 is 1.88 bits per heavy atom. The Balaban J connectivity index is 2.28. The lowest BCUT2D eigenvalue weighted by Crippen LogP contribution is -2.45. The molecule has 1 saturated carbocycles. The fourth-order valence-corrected chi connectivity index (χ4v) is 2.31. The van der Waals surface area contributed by atoms with Gasteiger partial charge in [0.1, 0.15) is 6.61 Å². The zero-order chi connectivity index (χ0) is 12.9. The fraction of sp³-hybridized carbons (Fsp3) is 1.00. The lowest BCUT2D eigenvalue weighted by molar-refractivity contribution is -0.176. The van der Waals surface area contributed by atoms with Crippen LogP contribution in [0.1, 0.15) is 32.6 Å². The highest BCUT2D eigenvalue weighted by Gasteiger charge is 2.30. The monoisotopic (exact) mass is 254 g/mol. The maximum Gasteiger partial charge on any atom is 0.411 e. The van der Waals surface area contributed by atoms with Gasteiger partial charge in [-0.15, -0.1) is 0 Å². The van der Waals surface area contributed by atoms with Crippen LogP contribution in [0.5, 0.6) is 0 Å². The molecule has 1 rings (SSSR count). The maximum atomic E-state index is 11.9. The second kappa shape index (κ2) is 6.56. The van der Waals surface area contributed by atoms with Crippen molar-refractivity contribution in [3.05, 3.63) is 0 Å². The van der Waals surface area contributed by atoms with Gasteiger partial charge >= 0.3 is 6.18 Å². The van der Waals surface area contributed by atoms with E-state index in [-0.39, 0.29) is 12.6 Å². The van der Waals surface area contributed by atoms with E-state index < -0.39 is 12.8 Å². The molecule has 1 atom stereocenters. The number of nitrogens with two attached hydrogens (primary N) is 1. The topological polar surface area (TPSA) is 47.3 Å². The van der Waals surface area contributed by atoms with E-state index in [0.717, 1.165) is 25.7 Å². The summed E-state index contributed by atoms with van der Waals surface area (Å²) < 4.78 is 40.4. The Hall–Kier alpha value is -0.330. The molecule has 1 aliphatic rings. The zero-order valence-electron chi connectivity index (χ0n) is 10.1. The van der Waals surface area contributed by atoms with Crippen molar-refractivity contribution in [2.75, 3.05) is 13.2 Å². The maximum absolute atomic E-state index is 11.9. The number of ether oxygens (including phenoxy) is 1. The number of hydrazine groups is 1. The summed E-state index contributed by atoms with van der Waals surface area (Å²) in [5, 5.41) is 0. The summed E-state index contributed by atoms with van der Waals surface area (Å²) in [5.74, 6) is 6.41. The Bertz CT molecular complexity index is 215. The van der Waals surface area contributed by atoms with Gasteiger partial charge in [-0.2, -0.15) is 13.2 Å². The molecule has 0 bridgehead atoms. The van der Waals surface area contributed by atoms with Crippen molar-refractivity contribution in [1.82, 2.24) is 5.43 Å². The molecule has 6 heteroatoms. The molecule has 0 amide bonds. The van der Waals surface area contributed by atoms with Gasteiger partial charge in [-0.25, -0.2) is 0 Å². The van der Waals surface area contributed by atoms with Crippen LogP contribution in [0, 0.1) is 11.8 Å². The number of alkyl halides is 3. The largest absolute Gasteiger partial charge is 0.411 e. The van der Waals surface area contributed by atoms with Crippen molar-refractivity contribution in [1.29, 1.82) is 0 Å². The molecule has 1 unspecified atom stereocenters. The first-order valence-electron chi connectivity index (χ1n) is 6.03.